The Kier molecular flexibility index (Phi) is 4.11. The van der Waals surface area contributed by atoms with Gasteiger partial charge in [0.1, 0.15) is 0 Å². The molecule has 0 atom stereocenters. The Labute approximate surface area is 89.8 Å². The molecule has 0 saturated carbocycles. The molecule has 0 saturated heterocycles. The number of nitrogens with one attached hydrogen (secondary N) is 1. The second-order valence-electron chi connectivity index (χ2n) is 2.46. The Morgan fingerprint density at radius 3 is 2.23 bits per heavy atom. The van der Waals surface area contributed by atoms with Gasteiger partial charge in [-0.1, -0.05) is 0 Å². The predicted octanol–water partition coefficient (Wildman–Crippen LogP) is 1.82. The molecule has 0 aromatic heterocycles. The van der Waals surface area contributed by atoms with Crippen LogP contribution in [0.25, 0.3) is 0 Å². The van der Waals surface area contributed by atoms with Crippen LogP contribution in [0.4, 0.5) is 5.69 Å². The van der Waals surface area contributed by atoms with Gasteiger partial charge in [0.2, 0.25) is 0 Å². The summed E-state index contributed by atoms with van der Waals surface area (Å²) in [6.45, 7) is 1.47. The van der Waals surface area contributed by atoms with Crippen molar-refractivity contribution in [1.82, 2.24) is 0 Å². The van der Waals surface area contributed by atoms with Gasteiger partial charge < -0.3 is 0 Å². The van der Waals surface area contributed by atoms with Gasteiger partial charge in [-0.15, -0.1) is 0 Å². The van der Waals surface area contributed by atoms with Crippen molar-refractivity contribution in [3.63, 3.8) is 0 Å². The van der Waals surface area contributed by atoms with Crippen molar-refractivity contribution < 1.29 is 4.79 Å². The fraction of sp³-hybridized carbons (Fsp3) is 0.125. The van der Waals surface area contributed by atoms with E-state index in [1.54, 1.807) is 12.1 Å². The minimum atomic E-state index is -1.81. The van der Waals surface area contributed by atoms with E-state index >= 15 is 0 Å². The number of hydrogen-bond acceptors (Lipinski definition) is 1. The fourth-order valence-electron chi connectivity index (χ4n) is 0.861. The van der Waals surface area contributed by atoms with Crippen LogP contribution in [0.3, 0.4) is 0 Å². The predicted molar refractivity (Wildman–Crippen MR) is 57.8 cm³/mol. The molecule has 0 aliphatic rings. The number of anilines is 1. The van der Waals surface area contributed by atoms with Crippen LogP contribution >= 0.6 is 19.9 Å². The van der Waals surface area contributed by atoms with Crippen LogP contribution in [0, 0.1) is 0 Å². The molecule has 0 radical (unpaired) electrons. The average molecular weight is 280 g/mol. The summed E-state index contributed by atoms with van der Waals surface area (Å²) in [5, 5.41) is 2.66. The summed E-state index contributed by atoms with van der Waals surface area (Å²) >= 11 is -1.81. The quantitative estimate of drug-likeness (QED) is 0.822. The Bertz CT molecular complexity index is 300. The Hall–Kier alpha value is -0.172. The third kappa shape index (κ3) is 3.59. The van der Waals surface area contributed by atoms with Gasteiger partial charge in [0.15, 0.2) is 0 Å². The number of rotatable bonds is 2. The molecule has 0 unspecified atom stereocenters. The molecule has 1 rings (SSSR count). The van der Waals surface area contributed by atoms with Crippen molar-refractivity contribution >= 4 is 48.6 Å². The van der Waals surface area contributed by atoms with Crippen LogP contribution in [0.15, 0.2) is 24.3 Å². The van der Waals surface area contributed by atoms with Crippen molar-refractivity contribution in [3.05, 3.63) is 24.3 Å². The molecule has 0 heterocycles. The normalized spacial score (nSPS) is 10.2. The van der Waals surface area contributed by atoms with Crippen LogP contribution in [0.5, 0.6) is 0 Å². The molecule has 1 aromatic carbocycles. The summed E-state index contributed by atoms with van der Waals surface area (Å²) in [6.07, 6.45) is 0. The summed E-state index contributed by atoms with van der Waals surface area (Å²) in [4.78, 5) is 10.7. The van der Waals surface area contributed by atoms with Crippen LogP contribution in [0.2, 0.25) is 0 Å². The molecule has 2 nitrogen and oxygen atoms in total. The molecule has 1 amide bonds. The van der Waals surface area contributed by atoms with Crippen LogP contribution < -0.4 is 9.67 Å². The van der Waals surface area contributed by atoms with Gasteiger partial charge in [0.25, 0.3) is 0 Å². The first kappa shape index (κ1) is 10.9. The maximum absolute atomic E-state index is 10.7. The topological polar surface area (TPSA) is 29.1 Å². The van der Waals surface area contributed by atoms with Crippen LogP contribution in [-0.2, 0) is 4.79 Å². The van der Waals surface area contributed by atoms with Crippen molar-refractivity contribution in [2.45, 2.75) is 6.92 Å². The molecule has 0 aliphatic carbocycles. The molecule has 5 heteroatoms. The molecule has 13 heavy (non-hydrogen) atoms. The molecule has 0 spiro atoms. The number of halogens is 2. The van der Waals surface area contributed by atoms with E-state index in [-0.39, 0.29) is 5.91 Å². The first-order valence-electron chi connectivity index (χ1n) is 3.59. The molecule has 1 N–H and O–H groups in total. The van der Waals surface area contributed by atoms with Crippen molar-refractivity contribution in [1.29, 1.82) is 0 Å². The van der Waals surface area contributed by atoms with E-state index in [1.165, 1.54) is 6.92 Å². The molecule has 70 valence electrons. The molecular formula is C8H8AsCl2NO. The molecule has 0 bridgehead atoms. The Balaban J connectivity index is 2.75. The van der Waals surface area contributed by atoms with Crippen LogP contribution in [0.1, 0.15) is 6.92 Å². The van der Waals surface area contributed by atoms with Gasteiger partial charge in [-0.2, -0.15) is 0 Å². The summed E-state index contributed by atoms with van der Waals surface area (Å²) in [5.41, 5.74) is 0.764. The average Bonchev–Trinajstić information content (AvgIpc) is 2.04. The Morgan fingerprint density at radius 1 is 1.31 bits per heavy atom. The zero-order valence-corrected chi connectivity index (χ0v) is 10.3. The molecule has 0 fully saturated rings. The summed E-state index contributed by atoms with van der Waals surface area (Å²) < 4.78 is 0.963. The SMILES string of the molecule is CC(=O)Nc1ccc([As](Cl)Cl)cc1. The number of carbonyl (C=O) groups excluding carboxylic acids is 1. The second kappa shape index (κ2) is 4.90. The van der Waals surface area contributed by atoms with Crippen LogP contribution in [-0.4, -0.2) is 18.7 Å². The molecular weight excluding hydrogens is 272 g/mol. The summed E-state index contributed by atoms with van der Waals surface area (Å²) in [5.74, 6) is -0.0843. The van der Waals surface area contributed by atoms with E-state index in [2.05, 4.69) is 5.32 Å². The van der Waals surface area contributed by atoms with Crippen molar-refractivity contribution in [2.24, 2.45) is 0 Å². The molecule has 1 aromatic rings. The monoisotopic (exact) mass is 279 g/mol. The van der Waals surface area contributed by atoms with E-state index < -0.39 is 12.8 Å². The fourth-order valence-corrected chi connectivity index (χ4v) is 2.82. The van der Waals surface area contributed by atoms with Gasteiger partial charge in [-0.25, -0.2) is 0 Å². The standard InChI is InChI=1S/C8H8AsCl2NO/c1-6(13)12-8-4-2-7(3-5-8)9(10)11/h2-5H,1H3,(H,12,13). The zero-order valence-electron chi connectivity index (χ0n) is 6.92. The zero-order chi connectivity index (χ0) is 9.84. The van der Waals surface area contributed by atoms with E-state index in [9.17, 15) is 4.79 Å². The summed E-state index contributed by atoms with van der Waals surface area (Å²) in [7, 11) is 11.6. The Morgan fingerprint density at radius 2 is 1.85 bits per heavy atom. The van der Waals surface area contributed by atoms with Crippen molar-refractivity contribution in [2.75, 3.05) is 5.32 Å². The van der Waals surface area contributed by atoms with E-state index in [1.807, 2.05) is 12.1 Å². The van der Waals surface area contributed by atoms with E-state index in [0.29, 0.717) is 0 Å². The van der Waals surface area contributed by atoms with Gasteiger partial charge in [-0.3, -0.25) is 0 Å². The van der Waals surface area contributed by atoms with E-state index in [0.717, 1.165) is 10.0 Å². The number of benzene rings is 1. The van der Waals surface area contributed by atoms with E-state index in [4.69, 9.17) is 19.9 Å². The first-order chi connectivity index (χ1) is 6.09. The first-order valence-corrected chi connectivity index (χ1v) is 9.46. The molecule has 0 aliphatic heterocycles. The maximum atomic E-state index is 10.7. The number of hydrogen-bond donors (Lipinski definition) is 1. The van der Waals surface area contributed by atoms with Gasteiger partial charge >= 0.3 is 89.9 Å². The minimum absolute atomic E-state index is 0.0843. The second-order valence-corrected chi connectivity index (χ2v) is 8.93. The number of amides is 1. The number of carbonyl (C=O) groups is 1. The third-order valence-electron chi connectivity index (χ3n) is 1.38. The third-order valence-corrected chi connectivity index (χ3v) is 4.86. The van der Waals surface area contributed by atoms with Gasteiger partial charge in [0.05, 0.1) is 0 Å². The summed E-state index contributed by atoms with van der Waals surface area (Å²) in [6, 6.07) is 7.27. The van der Waals surface area contributed by atoms with Gasteiger partial charge in [-0.05, 0) is 0 Å². The van der Waals surface area contributed by atoms with Gasteiger partial charge in [0, 0.05) is 0 Å². The van der Waals surface area contributed by atoms with Crippen molar-refractivity contribution in [3.8, 4) is 0 Å².